The van der Waals surface area contributed by atoms with Crippen LogP contribution in [0.2, 0.25) is 0 Å². The van der Waals surface area contributed by atoms with Crippen molar-refractivity contribution in [3.8, 4) is 0 Å². The topological polar surface area (TPSA) is 17.1 Å². The average Bonchev–Trinajstić information content (AvgIpc) is 2.45. The van der Waals surface area contributed by atoms with Gasteiger partial charge in [0.1, 0.15) is 6.29 Å². The molecule has 0 spiro atoms. The lowest BCUT2D eigenvalue weighted by atomic mass is 9.95. The molecule has 0 aromatic heterocycles. The first-order valence-corrected chi connectivity index (χ1v) is 3.54. The van der Waals surface area contributed by atoms with E-state index in [-0.39, 0.29) is 0 Å². The molecule has 0 N–H and O–H groups in total. The fourth-order valence-corrected chi connectivity index (χ4v) is 1.98. The molecule has 1 nitrogen and oxygen atoms in total. The molecule has 0 radical (unpaired) electrons. The number of carbonyl (C=O) groups is 1. The summed E-state index contributed by atoms with van der Waals surface area (Å²) in [7, 11) is 0. The van der Waals surface area contributed by atoms with Crippen LogP contribution in [0, 0.1) is 17.8 Å². The summed E-state index contributed by atoms with van der Waals surface area (Å²) in [5.41, 5.74) is 0. The van der Waals surface area contributed by atoms with Gasteiger partial charge in [0, 0.05) is 5.92 Å². The van der Waals surface area contributed by atoms with Crippen LogP contribution >= 0.6 is 0 Å². The molecule has 2 aliphatic carbocycles. The van der Waals surface area contributed by atoms with Crippen molar-refractivity contribution < 1.29 is 4.79 Å². The van der Waals surface area contributed by atoms with Crippen molar-refractivity contribution in [3.63, 3.8) is 0 Å². The Morgan fingerprint density at radius 1 is 1.33 bits per heavy atom. The van der Waals surface area contributed by atoms with Gasteiger partial charge in [-0.05, 0) is 24.7 Å². The van der Waals surface area contributed by atoms with Crippen LogP contribution in [-0.4, -0.2) is 6.29 Å². The molecule has 1 heteroatoms. The molecule has 2 aliphatic rings. The second-order valence-corrected chi connectivity index (χ2v) is 3.08. The van der Waals surface area contributed by atoms with E-state index in [0.29, 0.717) is 11.8 Å². The van der Waals surface area contributed by atoms with Gasteiger partial charge in [0.2, 0.25) is 0 Å². The third-order valence-electron chi connectivity index (χ3n) is 2.51. The summed E-state index contributed by atoms with van der Waals surface area (Å²) in [5.74, 6) is 1.71. The van der Waals surface area contributed by atoms with Gasteiger partial charge in [-0.3, -0.25) is 0 Å². The van der Waals surface area contributed by atoms with E-state index in [1.54, 1.807) is 0 Å². The van der Waals surface area contributed by atoms with Crippen molar-refractivity contribution in [2.24, 2.45) is 17.8 Å². The van der Waals surface area contributed by atoms with Gasteiger partial charge in [-0.1, -0.05) is 12.2 Å². The number of fused-ring (bicyclic) bond motifs is 2. The molecule has 0 aliphatic heterocycles. The molecule has 2 bridgehead atoms. The van der Waals surface area contributed by atoms with E-state index < -0.39 is 0 Å². The summed E-state index contributed by atoms with van der Waals surface area (Å²) in [6, 6.07) is 0. The van der Waals surface area contributed by atoms with E-state index >= 15 is 0 Å². The Hall–Kier alpha value is -0.590. The van der Waals surface area contributed by atoms with Crippen molar-refractivity contribution in [3.05, 3.63) is 12.2 Å². The molecule has 2 rings (SSSR count). The van der Waals surface area contributed by atoms with E-state index in [9.17, 15) is 4.79 Å². The van der Waals surface area contributed by atoms with Gasteiger partial charge in [-0.2, -0.15) is 0 Å². The highest BCUT2D eigenvalue weighted by molar-refractivity contribution is 5.56. The second-order valence-electron chi connectivity index (χ2n) is 3.08. The maximum atomic E-state index is 10.4. The first-order valence-electron chi connectivity index (χ1n) is 3.54. The van der Waals surface area contributed by atoms with Gasteiger partial charge in [0.05, 0.1) is 0 Å². The molecule has 0 heterocycles. The fourth-order valence-electron chi connectivity index (χ4n) is 1.98. The van der Waals surface area contributed by atoms with Crippen LogP contribution in [0.1, 0.15) is 12.8 Å². The SMILES string of the molecule is O=C[C@@H]1C[C@@H]2C=C[C@H]1C2. The minimum atomic E-state index is 0.361. The van der Waals surface area contributed by atoms with Crippen LogP contribution in [0.5, 0.6) is 0 Å². The van der Waals surface area contributed by atoms with Crippen molar-refractivity contribution in [2.75, 3.05) is 0 Å². The Bertz CT molecular complexity index is 160. The van der Waals surface area contributed by atoms with Crippen molar-refractivity contribution in [1.82, 2.24) is 0 Å². The molecule has 3 atom stereocenters. The third kappa shape index (κ3) is 0.640. The molecule has 48 valence electrons. The zero-order valence-corrected chi connectivity index (χ0v) is 5.29. The van der Waals surface area contributed by atoms with E-state index in [1.165, 1.54) is 6.42 Å². The van der Waals surface area contributed by atoms with Gasteiger partial charge in [-0.25, -0.2) is 0 Å². The Kier molecular flexibility index (Phi) is 0.981. The summed E-state index contributed by atoms with van der Waals surface area (Å²) < 4.78 is 0. The highest BCUT2D eigenvalue weighted by atomic mass is 16.1. The van der Waals surface area contributed by atoms with Gasteiger partial charge >= 0.3 is 0 Å². The number of aldehydes is 1. The van der Waals surface area contributed by atoms with Gasteiger partial charge in [0.15, 0.2) is 0 Å². The Balaban J connectivity index is 2.19. The van der Waals surface area contributed by atoms with Gasteiger partial charge < -0.3 is 4.79 Å². The van der Waals surface area contributed by atoms with E-state index in [4.69, 9.17) is 0 Å². The van der Waals surface area contributed by atoms with E-state index in [1.807, 2.05) is 0 Å². The highest BCUT2D eigenvalue weighted by Crippen LogP contribution is 2.42. The van der Waals surface area contributed by atoms with Crippen molar-refractivity contribution in [2.45, 2.75) is 12.8 Å². The van der Waals surface area contributed by atoms with E-state index in [2.05, 4.69) is 12.2 Å². The molecule has 1 fully saturated rings. The number of allylic oxidation sites excluding steroid dienone is 2. The van der Waals surface area contributed by atoms with Gasteiger partial charge in [-0.15, -0.1) is 0 Å². The predicted molar refractivity (Wildman–Crippen MR) is 34.9 cm³/mol. The molecule has 0 saturated heterocycles. The molecule has 0 aromatic rings. The lowest BCUT2D eigenvalue weighted by Crippen LogP contribution is -2.07. The van der Waals surface area contributed by atoms with Crippen LogP contribution in [0.4, 0.5) is 0 Å². The van der Waals surface area contributed by atoms with E-state index in [0.717, 1.165) is 18.6 Å². The van der Waals surface area contributed by atoms with Crippen molar-refractivity contribution in [1.29, 1.82) is 0 Å². The lowest BCUT2D eigenvalue weighted by molar-refractivity contribution is -0.111. The Labute approximate surface area is 54.8 Å². The molecular formula is C8H10O. The Morgan fingerprint density at radius 3 is 2.56 bits per heavy atom. The average molecular weight is 122 g/mol. The zero-order chi connectivity index (χ0) is 6.27. The normalized spacial score (nSPS) is 46.0. The first kappa shape index (κ1) is 5.21. The van der Waals surface area contributed by atoms with Crippen LogP contribution in [0.3, 0.4) is 0 Å². The largest absolute Gasteiger partial charge is 0.303 e. The number of hydrogen-bond acceptors (Lipinski definition) is 1. The number of carbonyl (C=O) groups excluding carboxylic acids is 1. The monoisotopic (exact) mass is 122 g/mol. The Morgan fingerprint density at radius 2 is 2.22 bits per heavy atom. The highest BCUT2D eigenvalue weighted by Gasteiger charge is 2.34. The minimum Gasteiger partial charge on any atom is -0.303 e. The molecule has 1 saturated carbocycles. The minimum absolute atomic E-state index is 0.361. The third-order valence-corrected chi connectivity index (χ3v) is 2.51. The summed E-state index contributed by atoms with van der Waals surface area (Å²) in [6.45, 7) is 0. The van der Waals surface area contributed by atoms with Crippen LogP contribution in [0.25, 0.3) is 0 Å². The van der Waals surface area contributed by atoms with Crippen molar-refractivity contribution >= 4 is 6.29 Å². The lowest BCUT2D eigenvalue weighted by Gasteiger charge is -2.08. The molecule has 9 heavy (non-hydrogen) atoms. The summed E-state index contributed by atoms with van der Waals surface area (Å²) in [4.78, 5) is 10.4. The van der Waals surface area contributed by atoms with Gasteiger partial charge in [0.25, 0.3) is 0 Å². The summed E-state index contributed by atoms with van der Waals surface area (Å²) in [5, 5.41) is 0. The summed E-state index contributed by atoms with van der Waals surface area (Å²) >= 11 is 0. The standard InChI is InChI=1S/C8H10O/c9-5-8-4-6-1-2-7(8)3-6/h1-2,5-8H,3-4H2/t6-,7+,8+/m1/s1. The summed E-state index contributed by atoms with van der Waals surface area (Å²) in [6.07, 6.45) is 7.93. The zero-order valence-electron chi connectivity index (χ0n) is 5.29. The number of hydrogen-bond donors (Lipinski definition) is 0. The molecule has 0 aromatic carbocycles. The fraction of sp³-hybridized carbons (Fsp3) is 0.625. The first-order chi connectivity index (χ1) is 4.40. The maximum absolute atomic E-state index is 10.4. The maximum Gasteiger partial charge on any atom is 0.123 e. The molecule has 0 amide bonds. The predicted octanol–water partition coefficient (Wildman–Crippen LogP) is 1.40. The molecule has 0 unspecified atom stereocenters. The smallest absolute Gasteiger partial charge is 0.123 e. The van der Waals surface area contributed by atoms with Crippen LogP contribution < -0.4 is 0 Å². The molecular weight excluding hydrogens is 112 g/mol. The quantitative estimate of drug-likeness (QED) is 0.379. The van der Waals surface area contributed by atoms with Crippen LogP contribution in [-0.2, 0) is 4.79 Å². The number of rotatable bonds is 1. The van der Waals surface area contributed by atoms with Crippen LogP contribution in [0.15, 0.2) is 12.2 Å². The second kappa shape index (κ2) is 1.69.